The highest BCUT2D eigenvalue weighted by atomic mass is 16.5. The highest BCUT2D eigenvalue weighted by molar-refractivity contribution is 5.96. The quantitative estimate of drug-likeness (QED) is 0.636. The summed E-state index contributed by atoms with van der Waals surface area (Å²) in [6.07, 6.45) is 0.978. The average molecular weight is 380 g/mol. The molecule has 6 nitrogen and oxygen atoms in total. The Bertz CT molecular complexity index is 976. The molecule has 1 heterocycles. The van der Waals surface area contributed by atoms with Gasteiger partial charge in [-0.05, 0) is 35.7 Å². The fourth-order valence-electron chi connectivity index (χ4n) is 2.90. The average Bonchev–Trinajstić information content (AvgIpc) is 3.15. The minimum absolute atomic E-state index is 0.259. The molecule has 0 aliphatic heterocycles. The number of carbonyl (C=O) groups excluding carboxylic acids is 2. The maximum Gasteiger partial charge on any atom is 0.355 e. The molecule has 3 rings (SSSR count). The summed E-state index contributed by atoms with van der Waals surface area (Å²) in [6, 6.07) is 15.3. The summed E-state index contributed by atoms with van der Waals surface area (Å²) < 4.78 is 10.4. The molecule has 0 radical (unpaired) electrons. The highest BCUT2D eigenvalue weighted by Crippen LogP contribution is 2.21. The van der Waals surface area contributed by atoms with Crippen LogP contribution in [0.5, 0.6) is 5.75 Å². The van der Waals surface area contributed by atoms with Gasteiger partial charge in [0.15, 0.2) is 6.61 Å². The summed E-state index contributed by atoms with van der Waals surface area (Å²) in [4.78, 5) is 29.1. The first-order valence-electron chi connectivity index (χ1n) is 9.15. The van der Waals surface area contributed by atoms with E-state index in [4.69, 9.17) is 9.47 Å². The van der Waals surface area contributed by atoms with Gasteiger partial charge in [-0.2, -0.15) is 0 Å². The van der Waals surface area contributed by atoms with Crippen LogP contribution in [0.25, 0.3) is 10.9 Å². The molecule has 1 N–H and O–H groups in total. The Morgan fingerprint density at radius 1 is 1.04 bits per heavy atom. The van der Waals surface area contributed by atoms with Gasteiger partial charge in [-0.1, -0.05) is 31.2 Å². The number of esters is 1. The van der Waals surface area contributed by atoms with E-state index in [2.05, 4.69) is 24.0 Å². The Morgan fingerprint density at radius 3 is 2.43 bits per heavy atom. The van der Waals surface area contributed by atoms with Gasteiger partial charge in [0, 0.05) is 30.6 Å². The largest absolute Gasteiger partial charge is 0.497 e. The number of amides is 1. The lowest BCUT2D eigenvalue weighted by molar-refractivity contribution is -0.133. The Kier molecular flexibility index (Phi) is 5.99. The number of hydrogen-bond acceptors (Lipinski definition) is 4. The first kappa shape index (κ1) is 19.5. The molecule has 0 atom stereocenters. The predicted molar refractivity (Wildman–Crippen MR) is 107 cm³/mol. The number of H-pyrrole nitrogens is 1. The van der Waals surface area contributed by atoms with Crippen LogP contribution in [0, 0.1) is 0 Å². The number of fused-ring (bicyclic) bond motifs is 1. The fraction of sp³-hybridized carbons (Fsp3) is 0.273. The lowest BCUT2D eigenvalue weighted by atomic mass is 10.1. The molecule has 1 amide bonds. The van der Waals surface area contributed by atoms with Crippen LogP contribution in [-0.2, 0) is 22.5 Å². The zero-order chi connectivity index (χ0) is 20.1. The van der Waals surface area contributed by atoms with Crippen molar-refractivity contribution in [2.75, 3.05) is 20.8 Å². The number of aromatic amines is 1. The van der Waals surface area contributed by atoms with Crippen molar-refractivity contribution >= 4 is 22.8 Å². The second kappa shape index (κ2) is 8.61. The van der Waals surface area contributed by atoms with Gasteiger partial charge in [-0.3, -0.25) is 4.79 Å². The van der Waals surface area contributed by atoms with Crippen molar-refractivity contribution in [1.82, 2.24) is 9.88 Å². The molecule has 1 aromatic heterocycles. The molecule has 146 valence electrons. The molecule has 0 saturated carbocycles. The van der Waals surface area contributed by atoms with Gasteiger partial charge in [0.2, 0.25) is 0 Å². The highest BCUT2D eigenvalue weighted by Gasteiger charge is 2.16. The van der Waals surface area contributed by atoms with E-state index in [0.717, 1.165) is 22.9 Å². The van der Waals surface area contributed by atoms with E-state index >= 15 is 0 Å². The van der Waals surface area contributed by atoms with Gasteiger partial charge in [-0.15, -0.1) is 0 Å². The van der Waals surface area contributed by atoms with Crippen molar-refractivity contribution < 1.29 is 19.1 Å². The summed E-state index contributed by atoms with van der Waals surface area (Å²) in [5.41, 5.74) is 3.35. The molecule has 0 bridgehead atoms. The number of ether oxygens (including phenoxy) is 2. The van der Waals surface area contributed by atoms with Crippen molar-refractivity contribution in [2.45, 2.75) is 19.9 Å². The number of nitrogens with zero attached hydrogens (tertiary/aromatic N) is 1. The minimum atomic E-state index is -0.566. The topological polar surface area (TPSA) is 71.6 Å². The van der Waals surface area contributed by atoms with E-state index in [9.17, 15) is 9.59 Å². The van der Waals surface area contributed by atoms with Crippen LogP contribution in [0.1, 0.15) is 28.5 Å². The second-order valence-corrected chi connectivity index (χ2v) is 6.63. The van der Waals surface area contributed by atoms with Gasteiger partial charge in [0.1, 0.15) is 11.4 Å². The third kappa shape index (κ3) is 4.52. The molecule has 28 heavy (non-hydrogen) atoms. The molecule has 3 aromatic rings. The fourth-order valence-corrected chi connectivity index (χ4v) is 2.90. The van der Waals surface area contributed by atoms with E-state index in [1.54, 1.807) is 31.2 Å². The number of methoxy groups -OCH3 is 1. The molecule has 6 heteroatoms. The maximum atomic E-state index is 12.3. The van der Waals surface area contributed by atoms with Gasteiger partial charge >= 0.3 is 5.97 Å². The molecule has 0 unspecified atom stereocenters. The Morgan fingerprint density at radius 2 is 1.75 bits per heavy atom. The van der Waals surface area contributed by atoms with Crippen molar-refractivity contribution in [3.8, 4) is 5.75 Å². The molecule has 0 saturated heterocycles. The lowest BCUT2D eigenvalue weighted by Crippen LogP contribution is -2.30. The van der Waals surface area contributed by atoms with Gasteiger partial charge < -0.3 is 19.4 Å². The van der Waals surface area contributed by atoms with Crippen LogP contribution in [0.15, 0.2) is 48.5 Å². The van der Waals surface area contributed by atoms with E-state index in [-0.39, 0.29) is 12.5 Å². The first-order valence-corrected chi connectivity index (χ1v) is 9.15. The summed E-state index contributed by atoms with van der Waals surface area (Å²) in [5.74, 6) is -0.132. The third-order valence-corrected chi connectivity index (χ3v) is 4.65. The number of aryl methyl sites for hydroxylation is 1. The first-order chi connectivity index (χ1) is 13.5. The summed E-state index contributed by atoms with van der Waals surface area (Å²) in [7, 11) is 3.28. The predicted octanol–water partition coefficient (Wildman–Crippen LogP) is 3.55. The Balaban J connectivity index is 1.56. The minimum Gasteiger partial charge on any atom is -0.497 e. The van der Waals surface area contributed by atoms with Crippen LogP contribution < -0.4 is 4.74 Å². The summed E-state index contributed by atoms with van der Waals surface area (Å²) >= 11 is 0. The molecule has 2 aromatic carbocycles. The zero-order valence-electron chi connectivity index (χ0n) is 16.3. The van der Waals surface area contributed by atoms with Crippen LogP contribution in [0.3, 0.4) is 0 Å². The number of nitrogens with one attached hydrogen (secondary N) is 1. The van der Waals surface area contributed by atoms with Crippen molar-refractivity contribution in [3.05, 3.63) is 65.4 Å². The number of benzene rings is 2. The van der Waals surface area contributed by atoms with Gasteiger partial charge in [0.25, 0.3) is 5.91 Å². The second-order valence-electron chi connectivity index (χ2n) is 6.63. The van der Waals surface area contributed by atoms with E-state index in [1.807, 2.05) is 24.3 Å². The van der Waals surface area contributed by atoms with Gasteiger partial charge in [0.05, 0.1) is 7.11 Å². The molecular formula is C22H24N2O4. The van der Waals surface area contributed by atoms with Crippen LogP contribution >= 0.6 is 0 Å². The molecule has 0 aliphatic carbocycles. The lowest BCUT2D eigenvalue weighted by Gasteiger charge is -2.17. The number of likely N-dealkylation sites (N-methyl/N-ethyl adjacent to an activating group) is 1. The molecule has 0 spiro atoms. The number of hydrogen-bond donors (Lipinski definition) is 1. The van der Waals surface area contributed by atoms with Crippen LogP contribution in [-0.4, -0.2) is 42.5 Å². The van der Waals surface area contributed by atoms with Crippen LogP contribution in [0.2, 0.25) is 0 Å². The Hall–Kier alpha value is -3.28. The normalized spacial score (nSPS) is 10.7. The number of aromatic nitrogens is 1. The van der Waals surface area contributed by atoms with Crippen LogP contribution in [0.4, 0.5) is 0 Å². The number of carbonyl (C=O) groups is 2. The van der Waals surface area contributed by atoms with Gasteiger partial charge in [-0.25, -0.2) is 4.79 Å². The smallest absolute Gasteiger partial charge is 0.355 e. The maximum absolute atomic E-state index is 12.3. The third-order valence-electron chi connectivity index (χ3n) is 4.65. The number of rotatable bonds is 7. The SMILES string of the molecule is CCc1ccc(CN(C)C(=O)COC(=O)c2cc3ccc(OC)cc3[nH]2)cc1. The zero-order valence-corrected chi connectivity index (χ0v) is 16.3. The standard InChI is InChI=1S/C22H24N2O4/c1-4-15-5-7-16(8-6-15)13-24(2)21(25)14-28-22(26)20-11-17-9-10-18(27-3)12-19(17)23-20/h5-12,23H,4,13-14H2,1-3H3. The Labute approximate surface area is 164 Å². The van der Waals surface area contributed by atoms with E-state index in [0.29, 0.717) is 18.0 Å². The monoisotopic (exact) mass is 380 g/mol. The summed E-state index contributed by atoms with van der Waals surface area (Å²) in [5, 5.41) is 0.867. The van der Waals surface area contributed by atoms with Crippen molar-refractivity contribution in [2.24, 2.45) is 0 Å². The molecular weight excluding hydrogens is 356 g/mol. The van der Waals surface area contributed by atoms with E-state index < -0.39 is 5.97 Å². The molecule has 0 aliphatic rings. The van der Waals surface area contributed by atoms with Crippen molar-refractivity contribution in [3.63, 3.8) is 0 Å². The molecule has 0 fully saturated rings. The van der Waals surface area contributed by atoms with E-state index in [1.165, 1.54) is 5.56 Å². The summed E-state index contributed by atoms with van der Waals surface area (Å²) in [6.45, 7) is 2.26. The van der Waals surface area contributed by atoms with Crippen molar-refractivity contribution in [1.29, 1.82) is 0 Å².